The number of likely N-dealkylation sites (N-methyl/N-ethyl adjacent to an activating group) is 1. The van der Waals surface area contributed by atoms with Crippen LogP contribution in [0.1, 0.15) is 11.1 Å². The Balaban J connectivity index is 2.07. The van der Waals surface area contributed by atoms with Gasteiger partial charge in [0, 0.05) is 14.1 Å². The van der Waals surface area contributed by atoms with Crippen molar-refractivity contribution in [1.82, 2.24) is 4.98 Å². The lowest BCUT2D eigenvalue weighted by atomic mass is 10.1. The second-order valence-electron chi connectivity index (χ2n) is 4.77. The van der Waals surface area contributed by atoms with Crippen LogP contribution in [0.4, 0.5) is 11.5 Å². The summed E-state index contributed by atoms with van der Waals surface area (Å²) in [5.74, 6) is 0.836. The number of hydrogen-bond donors (Lipinski definition) is 1. The van der Waals surface area contributed by atoms with Gasteiger partial charge in [0.1, 0.15) is 5.82 Å². The van der Waals surface area contributed by atoms with Crippen LogP contribution < -0.4 is 10.2 Å². The molecule has 0 atom stereocenters. The lowest BCUT2D eigenvalue weighted by molar-refractivity contribution is -0.117. The maximum atomic E-state index is 12.3. The number of aryl methyl sites for hydroxylation is 1. The van der Waals surface area contributed by atoms with E-state index in [1.807, 2.05) is 50.4 Å². The van der Waals surface area contributed by atoms with E-state index in [0.29, 0.717) is 6.42 Å². The van der Waals surface area contributed by atoms with Crippen molar-refractivity contribution < 1.29 is 4.79 Å². The SMILES string of the molecule is CNc1ccc(N(C)C(=O)Cc2cccc(C)c2)cn1. The molecule has 0 aliphatic carbocycles. The molecule has 0 spiro atoms. The fourth-order valence-corrected chi connectivity index (χ4v) is 1.99. The van der Waals surface area contributed by atoms with Gasteiger partial charge in [0.15, 0.2) is 0 Å². The summed E-state index contributed by atoms with van der Waals surface area (Å²) in [5.41, 5.74) is 2.99. The molecule has 4 heteroatoms. The Bertz CT molecular complexity index is 593. The van der Waals surface area contributed by atoms with Crippen LogP contribution >= 0.6 is 0 Å². The van der Waals surface area contributed by atoms with Crippen molar-refractivity contribution in [3.8, 4) is 0 Å². The van der Waals surface area contributed by atoms with Crippen LogP contribution in [0.2, 0.25) is 0 Å². The first-order valence-corrected chi connectivity index (χ1v) is 6.56. The van der Waals surface area contributed by atoms with Gasteiger partial charge in [-0.05, 0) is 24.6 Å². The van der Waals surface area contributed by atoms with Crippen molar-refractivity contribution in [1.29, 1.82) is 0 Å². The molecule has 0 unspecified atom stereocenters. The Morgan fingerprint density at radius 1 is 1.30 bits per heavy atom. The quantitative estimate of drug-likeness (QED) is 0.928. The predicted molar refractivity (Wildman–Crippen MR) is 82.1 cm³/mol. The highest BCUT2D eigenvalue weighted by Gasteiger charge is 2.12. The van der Waals surface area contributed by atoms with E-state index < -0.39 is 0 Å². The minimum atomic E-state index is 0.0506. The smallest absolute Gasteiger partial charge is 0.231 e. The Kier molecular flexibility index (Phi) is 4.35. The van der Waals surface area contributed by atoms with E-state index in [2.05, 4.69) is 10.3 Å². The molecule has 104 valence electrons. The summed E-state index contributed by atoms with van der Waals surface area (Å²) in [6.07, 6.45) is 2.09. The summed E-state index contributed by atoms with van der Waals surface area (Å²) >= 11 is 0. The fourth-order valence-electron chi connectivity index (χ4n) is 1.99. The van der Waals surface area contributed by atoms with Gasteiger partial charge in [-0.25, -0.2) is 4.98 Å². The number of nitrogens with one attached hydrogen (secondary N) is 1. The minimum absolute atomic E-state index is 0.0506. The topological polar surface area (TPSA) is 45.2 Å². The number of carbonyl (C=O) groups is 1. The van der Waals surface area contributed by atoms with E-state index in [0.717, 1.165) is 22.6 Å². The molecule has 1 aromatic heterocycles. The van der Waals surface area contributed by atoms with Crippen molar-refractivity contribution in [3.63, 3.8) is 0 Å². The van der Waals surface area contributed by atoms with Crippen LogP contribution in [-0.2, 0) is 11.2 Å². The number of anilines is 2. The Morgan fingerprint density at radius 3 is 2.70 bits per heavy atom. The zero-order valence-electron chi connectivity index (χ0n) is 12.1. The Morgan fingerprint density at radius 2 is 2.10 bits per heavy atom. The number of amides is 1. The largest absolute Gasteiger partial charge is 0.373 e. The molecule has 4 nitrogen and oxygen atoms in total. The molecule has 20 heavy (non-hydrogen) atoms. The molecule has 0 saturated carbocycles. The lowest BCUT2D eigenvalue weighted by Gasteiger charge is -2.17. The van der Waals surface area contributed by atoms with Gasteiger partial charge < -0.3 is 10.2 Å². The zero-order valence-corrected chi connectivity index (χ0v) is 12.1. The van der Waals surface area contributed by atoms with E-state index in [9.17, 15) is 4.79 Å². The molecule has 1 N–H and O–H groups in total. The third-order valence-electron chi connectivity index (χ3n) is 3.20. The van der Waals surface area contributed by atoms with E-state index in [1.54, 1.807) is 18.1 Å². The minimum Gasteiger partial charge on any atom is -0.373 e. The summed E-state index contributed by atoms with van der Waals surface area (Å²) in [4.78, 5) is 18.1. The summed E-state index contributed by atoms with van der Waals surface area (Å²) in [6.45, 7) is 2.03. The molecule has 0 fully saturated rings. The zero-order chi connectivity index (χ0) is 14.5. The van der Waals surface area contributed by atoms with Crippen LogP contribution in [0, 0.1) is 6.92 Å². The molecular weight excluding hydrogens is 250 g/mol. The summed E-state index contributed by atoms with van der Waals surface area (Å²) < 4.78 is 0. The Hall–Kier alpha value is -2.36. The summed E-state index contributed by atoms with van der Waals surface area (Å²) in [5, 5.41) is 2.95. The predicted octanol–water partition coefficient (Wildman–Crippen LogP) is 2.64. The molecule has 0 bridgehead atoms. The monoisotopic (exact) mass is 269 g/mol. The molecule has 0 radical (unpaired) electrons. The number of aromatic nitrogens is 1. The molecule has 2 aromatic rings. The van der Waals surface area contributed by atoms with Gasteiger partial charge in [-0.15, -0.1) is 0 Å². The van der Waals surface area contributed by atoms with Crippen molar-refractivity contribution >= 4 is 17.4 Å². The number of nitrogens with zero attached hydrogens (tertiary/aromatic N) is 2. The van der Waals surface area contributed by atoms with Crippen molar-refractivity contribution in [2.24, 2.45) is 0 Å². The van der Waals surface area contributed by atoms with Crippen LogP contribution in [-0.4, -0.2) is 25.0 Å². The number of hydrogen-bond acceptors (Lipinski definition) is 3. The van der Waals surface area contributed by atoms with E-state index in [1.165, 1.54) is 0 Å². The van der Waals surface area contributed by atoms with Crippen molar-refractivity contribution in [2.75, 3.05) is 24.3 Å². The summed E-state index contributed by atoms with van der Waals surface area (Å²) in [7, 11) is 3.59. The van der Waals surface area contributed by atoms with Crippen LogP contribution in [0.5, 0.6) is 0 Å². The molecule has 1 heterocycles. The van der Waals surface area contributed by atoms with Gasteiger partial charge in [0.2, 0.25) is 5.91 Å². The fraction of sp³-hybridized carbons (Fsp3) is 0.250. The maximum Gasteiger partial charge on any atom is 0.231 e. The highest BCUT2D eigenvalue weighted by atomic mass is 16.2. The van der Waals surface area contributed by atoms with Crippen LogP contribution in [0.3, 0.4) is 0 Å². The average Bonchev–Trinajstić information content (AvgIpc) is 2.46. The number of pyridine rings is 1. The van der Waals surface area contributed by atoms with Gasteiger partial charge in [-0.3, -0.25) is 4.79 Å². The molecular formula is C16H19N3O. The molecule has 0 aliphatic heterocycles. The second-order valence-corrected chi connectivity index (χ2v) is 4.77. The first-order chi connectivity index (χ1) is 9.60. The number of benzene rings is 1. The highest BCUT2D eigenvalue weighted by molar-refractivity contribution is 5.94. The third kappa shape index (κ3) is 3.35. The normalized spacial score (nSPS) is 10.2. The Labute approximate surface area is 119 Å². The first kappa shape index (κ1) is 14.1. The van der Waals surface area contributed by atoms with Gasteiger partial charge in [0.05, 0.1) is 18.3 Å². The molecule has 1 amide bonds. The number of carbonyl (C=O) groups excluding carboxylic acids is 1. The van der Waals surface area contributed by atoms with Gasteiger partial charge in [0.25, 0.3) is 0 Å². The van der Waals surface area contributed by atoms with Gasteiger partial charge in [-0.2, -0.15) is 0 Å². The average molecular weight is 269 g/mol. The maximum absolute atomic E-state index is 12.3. The number of rotatable bonds is 4. The van der Waals surface area contributed by atoms with Gasteiger partial charge in [-0.1, -0.05) is 29.8 Å². The van der Waals surface area contributed by atoms with Crippen LogP contribution in [0.25, 0.3) is 0 Å². The standard InChI is InChI=1S/C16H19N3O/c1-12-5-4-6-13(9-12)10-16(20)19(3)14-7-8-15(17-2)18-11-14/h4-9,11H,10H2,1-3H3,(H,17,18). The van der Waals surface area contributed by atoms with E-state index >= 15 is 0 Å². The third-order valence-corrected chi connectivity index (χ3v) is 3.20. The molecule has 0 aliphatic rings. The second kappa shape index (κ2) is 6.19. The van der Waals surface area contributed by atoms with Crippen LogP contribution in [0.15, 0.2) is 42.6 Å². The lowest BCUT2D eigenvalue weighted by Crippen LogP contribution is -2.27. The molecule has 1 aromatic carbocycles. The van der Waals surface area contributed by atoms with Crippen molar-refractivity contribution in [3.05, 3.63) is 53.7 Å². The van der Waals surface area contributed by atoms with Crippen molar-refractivity contribution in [2.45, 2.75) is 13.3 Å². The highest BCUT2D eigenvalue weighted by Crippen LogP contribution is 2.15. The first-order valence-electron chi connectivity index (χ1n) is 6.56. The van der Waals surface area contributed by atoms with E-state index in [4.69, 9.17) is 0 Å². The molecule has 2 rings (SSSR count). The molecule has 0 saturated heterocycles. The summed E-state index contributed by atoms with van der Waals surface area (Å²) in [6, 6.07) is 11.7. The van der Waals surface area contributed by atoms with E-state index in [-0.39, 0.29) is 5.91 Å². The van der Waals surface area contributed by atoms with Gasteiger partial charge >= 0.3 is 0 Å².